The Balaban J connectivity index is 2.19. The first-order valence-electron chi connectivity index (χ1n) is 6.77. The first-order chi connectivity index (χ1) is 7.23. The Morgan fingerprint density at radius 3 is 2.06 bits per heavy atom. The van der Waals surface area contributed by atoms with E-state index in [1.54, 1.807) is 0 Å². The minimum Gasteiger partial charge on any atom is -0.304 e. The fourth-order valence-corrected chi connectivity index (χ4v) is 3.50. The van der Waals surface area contributed by atoms with Crippen molar-refractivity contribution >= 4 is 0 Å². The zero-order chi connectivity index (χ0) is 12.0. The summed E-state index contributed by atoms with van der Waals surface area (Å²) in [4.78, 5) is 2.68. The third-order valence-electron chi connectivity index (χ3n) is 4.19. The normalized spacial score (nSPS) is 29.8. The highest BCUT2D eigenvalue weighted by Gasteiger charge is 2.46. The SMILES string of the molecule is CC1(C)CN(C(C)(C)C)CC2(CCCC2)N1. The Kier molecular flexibility index (Phi) is 2.87. The second-order valence-electron chi connectivity index (χ2n) is 7.52. The van der Waals surface area contributed by atoms with Gasteiger partial charge in [0, 0.05) is 29.7 Å². The molecule has 1 heterocycles. The number of nitrogens with zero attached hydrogens (tertiary/aromatic N) is 1. The minimum absolute atomic E-state index is 0.260. The van der Waals surface area contributed by atoms with Gasteiger partial charge in [-0.3, -0.25) is 4.90 Å². The smallest absolute Gasteiger partial charge is 0.0314 e. The standard InChI is InChI=1S/C14H28N2/c1-12(2,3)16-10-13(4,5)15-14(11-16)8-6-7-9-14/h15H,6-11H2,1-5H3. The first-order valence-corrected chi connectivity index (χ1v) is 6.77. The zero-order valence-electron chi connectivity index (χ0n) is 11.7. The second-order valence-corrected chi connectivity index (χ2v) is 7.52. The highest BCUT2D eigenvalue weighted by atomic mass is 15.3. The molecular weight excluding hydrogens is 196 g/mol. The molecule has 2 rings (SSSR count). The van der Waals surface area contributed by atoms with Crippen LogP contribution in [0.4, 0.5) is 0 Å². The van der Waals surface area contributed by atoms with Crippen molar-refractivity contribution in [1.29, 1.82) is 0 Å². The summed E-state index contributed by atoms with van der Waals surface area (Å²) in [6.07, 6.45) is 5.54. The maximum Gasteiger partial charge on any atom is 0.0314 e. The van der Waals surface area contributed by atoms with Gasteiger partial charge in [-0.2, -0.15) is 0 Å². The van der Waals surface area contributed by atoms with Crippen LogP contribution in [0.5, 0.6) is 0 Å². The number of hydrogen-bond donors (Lipinski definition) is 1. The molecule has 2 nitrogen and oxygen atoms in total. The van der Waals surface area contributed by atoms with Crippen molar-refractivity contribution in [2.75, 3.05) is 13.1 Å². The third-order valence-corrected chi connectivity index (χ3v) is 4.19. The van der Waals surface area contributed by atoms with Gasteiger partial charge in [-0.1, -0.05) is 12.8 Å². The van der Waals surface area contributed by atoms with Gasteiger partial charge < -0.3 is 5.32 Å². The maximum absolute atomic E-state index is 3.93. The molecule has 1 aliphatic heterocycles. The van der Waals surface area contributed by atoms with Crippen LogP contribution in [0.2, 0.25) is 0 Å². The van der Waals surface area contributed by atoms with E-state index in [-0.39, 0.29) is 5.54 Å². The molecular formula is C14H28N2. The van der Waals surface area contributed by atoms with E-state index in [1.165, 1.54) is 32.2 Å². The molecule has 1 saturated heterocycles. The molecule has 2 heteroatoms. The van der Waals surface area contributed by atoms with E-state index in [4.69, 9.17) is 0 Å². The van der Waals surface area contributed by atoms with E-state index in [2.05, 4.69) is 44.8 Å². The lowest BCUT2D eigenvalue weighted by Crippen LogP contribution is -2.70. The largest absolute Gasteiger partial charge is 0.304 e. The lowest BCUT2D eigenvalue weighted by molar-refractivity contribution is 0.00592. The van der Waals surface area contributed by atoms with E-state index < -0.39 is 0 Å². The van der Waals surface area contributed by atoms with Crippen molar-refractivity contribution in [2.45, 2.75) is 76.9 Å². The molecule has 1 spiro atoms. The fourth-order valence-electron chi connectivity index (χ4n) is 3.50. The number of rotatable bonds is 0. The summed E-state index contributed by atoms with van der Waals surface area (Å²) in [5.41, 5.74) is 0.972. The minimum atomic E-state index is 0.260. The molecule has 0 radical (unpaired) electrons. The van der Waals surface area contributed by atoms with Gasteiger partial charge in [-0.05, 0) is 47.5 Å². The number of piperazine rings is 1. The van der Waals surface area contributed by atoms with E-state index in [0.717, 1.165) is 6.54 Å². The van der Waals surface area contributed by atoms with E-state index >= 15 is 0 Å². The molecule has 0 aromatic rings. The van der Waals surface area contributed by atoms with Crippen LogP contribution in [0.1, 0.15) is 60.3 Å². The lowest BCUT2D eigenvalue weighted by Gasteiger charge is -2.54. The molecule has 0 aromatic carbocycles. The molecule has 1 N–H and O–H groups in total. The molecule has 0 aromatic heterocycles. The highest BCUT2D eigenvalue weighted by Crippen LogP contribution is 2.37. The fraction of sp³-hybridized carbons (Fsp3) is 1.00. The van der Waals surface area contributed by atoms with Gasteiger partial charge in [-0.15, -0.1) is 0 Å². The number of nitrogens with one attached hydrogen (secondary N) is 1. The Morgan fingerprint density at radius 2 is 1.56 bits per heavy atom. The van der Waals surface area contributed by atoms with Crippen LogP contribution in [0.15, 0.2) is 0 Å². The van der Waals surface area contributed by atoms with Crippen molar-refractivity contribution < 1.29 is 0 Å². The van der Waals surface area contributed by atoms with Crippen LogP contribution >= 0.6 is 0 Å². The topological polar surface area (TPSA) is 15.3 Å². The highest BCUT2D eigenvalue weighted by molar-refractivity contribution is 5.06. The van der Waals surface area contributed by atoms with Crippen molar-refractivity contribution in [3.05, 3.63) is 0 Å². The summed E-state index contributed by atoms with van der Waals surface area (Å²) < 4.78 is 0. The van der Waals surface area contributed by atoms with Crippen molar-refractivity contribution in [2.24, 2.45) is 0 Å². The van der Waals surface area contributed by atoms with Crippen LogP contribution in [0.25, 0.3) is 0 Å². The van der Waals surface area contributed by atoms with Gasteiger partial charge in [0.2, 0.25) is 0 Å². The molecule has 0 atom stereocenters. The molecule has 0 bridgehead atoms. The summed E-state index contributed by atoms with van der Waals surface area (Å²) in [5, 5.41) is 3.93. The van der Waals surface area contributed by atoms with Crippen LogP contribution in [0, 0.1) is 0 Å². The summed E-state index contributed by atoms with van der Waals surface area (Å²) in [6.45, 7) is 14.1. The Hall–Kier alpha value is -0.0800. The molecule has 0 amide bonds. The average Bonchev–Trinajstić information content (AvgIpc) is 2.48. The molecule has 0 unspecified atom stereocenters. The zero-order valence-corrected chi connectivity index (χ0v) is 11.7. The monoisotopic (exact) mass is 224 g/mol. The predicted molar refractivity (Wildman–Crippen MR) is 69.7 cm³/mol. The second kappa shape index (κ2) is 3.71. The Bertz CT molecular complexity index is 256. The van der Waals surface area contributed by atoms with Crippen LogP contribution in [-0.2, 0) is 0 Å². The summed E-state index contributed by atoms with van der Waals surface area (Å²) in [6, 6.07) is 0. The van der Waals surface area contributed by atoms with Gasteiger partial charge in [-0.25, -0.2) is 0 Å². The first kappa shape index (κ1) is 12.4. The molecule has 1 saturated carbocycles. The van der Waals surface area contributed by atoms with E-state index in [0.29, 0.717) is 11.1 Å². The van der Waals surface area contributed by atoms with Gasteiger partial charge in [0.1, 0.15) is 0 Å². The summed E-state index contributed by atoms with van der Waals surface area (Å²) in [5.74, 6) is 0. The molecule has 2 fully saturated rings. The van der Waals surface area contributed by atoms with Crippen molar-refractivity contribution in [1.82, 2.24) is 10.2 Å². The predicted octanol–water partition coefficient (Wildman–Crippen LogP) is 2.78. The van der Waals surface area contributed by atoms with E-state index in [1.807, 2.05) is 0 Å². The maximum atomic E-state index is 3.93. The van der Waals surface area contributed by atoms with Gasteiger partial charge in [0.15, 0.2) is 0 Å². The third kappa shape index (κ3) is 2.43. The quantitative estimate of drug-likeness (QED) is 0.680. The van der Waals surface area contributed by atoms with Crippen LogP contribution in [-0.4, -0.2) is 34.6 Å². The Morgan fingerprint density at radius 1 is 1.00 bits per heavy atom. The van der Waals surface area contributed by atoms with Crippen molar-refractivity contribution in [3.63, 3.8) is 0 Å². The summed E-state index contributed by atoms with van der Waals surface area (Å²) >= 11 is 0. The average molecular weight is 224 g/mol. The molecule has 94 valence electrons. The number of hydrogen-bond acceptors (Lipinski definition) is 2. The molecule has 16 heavy (non-hydrogen) atoms. The van der Waals surface area contributed by atoms with Gasteiger partial charge in [0.25, 0.3) is 0 Å². The Labute approximate surface area is 101 Å². The van der Waals surface area contributed by atoms with Crippen LogP contribution < -0.4 is 5.32 Å². The van der Waals surface area contributed by atoms with Crippen LogP contribution in [0.3, 0.4) is 0 Å². The molecule has 2 aliphatic rings. The van der Waals surface area contributed by atoms with E-state index in [9.17, 15) is 0 Å². The molecule has 1 aliphatic carbocycles. The lowest BCUT2D eigenvalue weighted by atomic mass is 9.84. The summed E-state index contributed by atoms with van der Waals surface area (Å²) in [7, 11) is 0. The van der Waals surface area contributed by atoms with Gasteiger partial charge >= 0.3 is 0 Å². The van der Waals surface area contributed by atoms with Crippen molar-refractivity contribution in [3.8, 4) is 0 Å². The van der Waals surface area contributed by atoms with Gasteiger partial charge in [0.05, 0.1) is 0 Å².